The maximum absolute atomic E-state index is 11.3. The summed E-state index contributed by atoms with van der Waals surface area (Å²) in [6.07, 6.45) is 1.56. The Morgan fingerprint density at radius 3 is 2.64 bits per heavy atom. The summed E-state index contributed by atoms with van der Waals surface area (Å²) in [4.78, 5) is 12.2. The van der Waals surface area contributed by atoms with E-state index < -0.39 is 0 Å². The van der Waals surface area contributed by atoms with Gasteiger partial charge in [0.25, 0.3) is 0 Å². The van der Waals surface area contributed by atoms with Gasteiger partial charge in [-0.05, 0) is 24.1 Å². The summed E-state index contributed by atoms with van der Waals surface area (Å²) < 4.78 is 0. The maximum Gasteiger partial charge on any atom is 0.240 e. The van der Waals surface area contributed by atoms with E-state index in [1.54, 1.807) is 0 Å². The van der Waals surface area contributed by atoms with Crippen LogP contribution in [-0.2, 0) is 4.79 Å². The van der Waals surface area contributed by atoms with Gasteiger partial charge in [-0.3, -0.25) is 4.79 Å². The fraction of sp³-hybridized carbons (Fsp3) is 0.500. The van der Waals surface area contributed by atoms with Crippen LogP contribution in [0.1, 0.15) is 32.3 Å². The third-order valence-electron chi connectivity index (χ3n) is 3.55. The van der Waals surface area contributed by atoms with E-state index in [2.05, 4.69) is 66.8 Å². The third kappa shape index (κ3) is 5.09. The van der Waals surface area contributed by atoms with Gasteiger partial charge in [0.15, 0.2) is 0 Å². The van der Waals surface area contributed by atoms with Gasteiger partial charge in [0.1, 0.15) is 0 Å². The Morgan fingerprint density at radius 1 is 1.36 bits per heavy atom. The average Bonchev–Trinajstić information content (AvgIpc) is 2.45. The number of anilines is 1. The van der Waals surface area contributed by atoms with Crippen molar-refractivity contribution in [2.24, 2.45) is 11.0 Å². The first-order valence-corrected chi connectivity index (χ1v) is 9.27. The number of hydrogen-bond acceptors (Lipinski definition) is 3. The molecule has 0 spiro atoms. The Morgan fingerprint density at radius 2 is 2.05 bits per heavy atom. The van der Waals surface area contributed by atoms with Gasteiger partial charge in [0.05, 0.1) is 5.71 Å². The van der Waals surface area contributed by atoms with Gasteiger partial charge in [0.2, 0.25) is 5.91 Å². The number of hydrogen-bond donors (Lipinski definition) is 2. The standard InChI is InChI=1S/C16H21Br2N3O/c1-10-7-15(22)20-21-16(10)12-3-5-14(6-4-12)19-9-13(18)8-11(2)17/h3-6,10-11,13,19H,7-9H2,1-2H3,(H,20,22). The van der Waals surface area contributed by atoms with Crippen molar-refractivity contribution < 1.29 is 4.79 Å². The lowest BCUT2D eigenvalue weighted by molar-refractivity contribution is -0.121. The molecule has 0 saturated heterocycles. The highest BCUT2D eigenvalue weighted by Crippen LogP contribution is 2.19. The fourth-order valence-electron chi connectivity index (χ4n) is 2.43. The normalized spacial score (nSPS) is 20.8. The summed E-state index contributed by atoms with van der Waals surface area (Å²) in [5.74, 6) is 0.138. The molecule has 0 aliphatic carbocycles. The molecule has 2 rings (SSSR count). The van der Waals surface area contributed by atoms with Gasteiger partial charge < -0.3 is 5.32 Å². The lowest BCUT2D eigenvalue weighted by atomic mass is 9.94. The van der Waals surface area contributed by atoms with Gasteiger partial charge in [-0.25, -0.2) is 5.43 Å². The van der Waals surface area contributed by atoms with Crippen molar-refractivity contribution in [3.63, 3.8) is 0 Å². The van der Waals surface area contributed by atoms with E-state index in [1.807, 2.05) is 19.1 Å². The van der Waals surface area contributed by atoms with Crippen molar-refractivity contribution >= 4 is 49.2 Å². The van der Waals surface area contributed by atoms with Gasteiger partial charge in [-0.2, -0.15) is 5.10 Å². The minimum atomic E-state index is -0.0149. The molecule has 3 unspecified atom stereocenters. The number of nitrogens with zero attached hydrogens (tertiary/aromatic N) is 1. The summed E-state index contributed by atoms with van der Waals surface area (Å²) in [5.41, 5.74) is 5.64. The highest BCUT2D eigenvalue weighted by Gasteiger charge is 2.21. The largest absolute Gasteiger partial charge is 0.384 e. The van der Waals surface area contributed by atoms with Gasteiger partial charge in [-0.15, -0.1) is 0 Å². The Hall–Kier alpha value is -0.880. The topological polar surface area (TPSA) is 53.5 Å². The smallest absolute Gasteiger partial charge is 0.240 e. The van der Waals surface area contributed by atoms with Crippen molar-refractivity contribution in [3.05, 3.63) is 29.8 Å². The molecule has 4 nitrogen and oxygen atoms in total. The minimum absolute atomic E-state index is 0.0149. The van der Waals surface area contributed by atoms with Crippen molar-refractivity contribution in [2.45, 2.75) is 36.3 Å². The first-order valence-electron chi connectivity index (χ1n) is 7.44. The van der Waals surface area contributed by atoms with Crippen LogP contribution in [0.5, 0.6) is 0 Å². The van der Waals surface area contributed by atoms with E-state index >= 15 is 0 Å². The fourth-order valence-corrected chi connectivity index (χ4v) is 4.10. The van der Waals surface area contributed by atoms with Crippen LogP contribution < -0.4 is 10.7 Å². The second-order valence-electron chi connectivity index (χ2n) is 5.71. The molecule has 22 heavy (non-hydrogen) atoms. The molecule has 0 radical (unpaired) electrons. The van der Waals surface area contributed by atoms with E-state index in [0.717, 1.165) is 29.9 Å². The molecule has 1 heterocycles. The summed E-state index contributed by atoms with van der Waals surface area (Å²) >= 11 is 7.24. The SMILES string of the molecule is CC(Br)CC(Br)CNc1ccc(C2=NNC(=O)CC2C)cc1. The average molecular weight is 431 g/mol. The Kier molecular flexibility index (Phi) is 6.44. The number of carbonyl (C=O) groups excluding carboxylic acids is 1. The Labute approximate surface area is 148 Å². The first kappa shape index (κ1) is 17.5. The molecule has 3 atom stereocenters. The van der Waals surface area contributed by atoms with Crippen LogP contribution in [0.4, 0.5) is 5.69 Å². The predicted molar refractivity (Wildman–Crippen MR) is 99.1 cm³/mol. The van der Waals surface area contributed by atoms with Crippen LogP contribution in [0.25, 0.3) is 0 Å². The zero-order valence-electron chi connectivity index (χ0n) is 12.8. The molecule has 0 bridgehead atoms. The summed E-state index contributed by atoms with van der Waals surface area (Å²) in [6, 6.07) is 8.20. The van der Waals surface area contributed by atoms with E-state index in [1.165, 1.54) is 0 Å². The van der Waals surface area contributed by atoms with E-state index in [4.69, 9.17) is 0 Å². The van der Waals surface area contributed by atoms with Crippen LogP contribution in [0.2, 0.25) is 0 Å². The van der Waals surface area contributed by atoms with Gasteiger partial charge in [-0.1, -0.05) is 57.8 Å². The summed E-state index contributed by atoms with van der Waals surface area (Å²) in [5, 5.41) is 7.60. The highest BCUT2D eigenvalue weighted by molar-refractivity contribution is 9.10. The molecule has 1 aromatic carbocycles. The number of nitrogens with one attached hydrogen (secondary N) is 2. The zero-order valence-corrected chi connectivity index (χ0v) is 15.9. The number of amides is 1. The molecule has 6 heteroatoms. The Balaban J connectivity index is 1.94. The van der Waals surface area contributed by atoms with Crippen molar-refractivity contribution in [3.8, 4) is 0 Å². The molecule has 2 N–H and O–H groups in total. The Bertz CT molecular complexity index is 543. The number of halogens is 2. The molecule has 0 aromatic heterocycles. The third-order valence-corrected chi connectivity index (χ3v) is 4.62. The molecule has 0 fully saturated rings. The molecular formula is C16H21Br2N3O. The molecule has 120 valence electrons. The quantitative estimate of drug-likeness (QED) is 0.672. The molecule has 1 aromatic rings. The first-order chi connectivity index (χ1) is 10.5. The molecule has 1 aliphatic rings. The van der Waals surface area contributed by atoms with E-state index in [0.29, 0.717) is 16.1 Å². The zero-order chi connectivity index (χ0) is 16.1. The predicted octanol–water partition coefficient (Wildman–Crippen LogP) is 3.90. The molecule has 0 saturated carbocycles. The van der Waals surface area contributed by atoms with Crippen LogP contribution in [-0.4, -0.2) is 27.8 Å². The highest BCUT2D eigenvalue weighted by atomic mass is 79.9. The maximum atomic E-state index is 11.3. The molecule has 1 aliphatic heterocycles. The second kappa shape index (κ2) is 8.11. The van der Waals surface area contributed by atoms with Crippen LogP contribution in [0.15, 0.2) is 29.4 Å². The monoisotopic (exact) mass is 429 g/mol. The number of alkyl halides is 2. The second-order valence-corrected chi connectivity index (χ2v) is 8.57. The van der Waals surface area contributed by atoms with Crippen molar-refractivity contribution in [2.75, 3.05) is 11.9 Å². The number of benzene rings is 1. The van der Waals surface area contributed by atoms with E-state index in [9.17, 15) is 4.79 Å². The van der Waals surface area contributed by atoms with Crippen LogP contribution in [0, 0.1) is 5.92 Å². The van der Waals surface area contributed by atoms with Crippen molar-refractivity contribution in [1.29, 1.82) is 0 Å². The van der Waals surface area contributed by atoms with Crippen LogP contribution >= 0.6 is 31.9 Å². The number of rotatable bonds is 6. The van der Waals surface area contributed by atoms with Gasteiger partial charge >= 0.3 is 0 Å². The lowest BCUT2D eigenvalue weighted by Crippen LogP contribution is -2.31. The number of hydrazone groups is 1. The van der Waals surface area contributed by atoms with E-state index in [-0.39, 0.29) is 11.8 Å². The summed E-state index contributed by atoms with van der Waals surface area (Å²) in [7, 11) is 0. The summed E-state index contributed by atoms with van der Waals surface area (Å²) in [6.45, 7) is 5.05. The molecule has 1 amide bonds. The number of carbonyl (C=O) groups is 1. The van der Waals surface area contributed by atoms with Crippen molar-refractivity contribution in [1.82, 2.24) is 5.43 Å². The van der Waals surface area contributed by atoms with Crippen LogP contribution in [0.3, 0.4) is 0 Å². The minimum Gasteiger partial charge on any atom is -0.384 e. The lowest BCUT2D eigenvalue weighted by Gasteiger charge is -2.19. The molecular weight excluding hydrogens is 410 g/mol. The van der Waals surface area contributed by atoms with Gasteiger partial charge in [0, 0.05) is 34.2 Å².